The van der Waals surface area contributed by atoms with Crippen molar-refractivity contribution in [2.75, 3.05) is 39.6 Å². The van der Waals surface area contributed by atoms with Crippen LogP contribution in [0.4, 0.5) is 5.69 Å². The molecule has 94 valence electrons. The van der Waals surface area contributed by atoms with Crippen molar-refractivity contribution in [1.29, 1.82) is 0 Å². The first-order valence-electron chi connectivity index (χ1n) is 5.60. The average molecular weight is 254 g/mol. The molecule has 0 aliphatic rings. The number of quaternary nitrogens is 1. The van der Waals surface area contributed by atoms with E-state index in [2.05, 4.69) is 24.7 Å². The van der Waals surface area contributed by atoms with Crippen LogP contribution in [0.1, 0.15) is 0 Å². The summed E-state index contributed by atoms with van der Waals surface area (Å²) in [4.78, 5) is 1.39. The van der Waals surface area contributed by atoms with Crippen LogP contribution >= 0.6 is 12.2 Å². The number of methoxy groups -OCH3 is 1. The highest BCUT2D eigenvalue weighted by molar-refractivity contribution is 7.80. The number of likely N-dealkylation sites (N-methyl/N-ethyl adjacent to an activating group) is 1. The van der Waals surface area contributed by atoms with Crippen molar-refractivity contribution in [3.05, 3.63) is 24.3 Å². The summed E-state index contributed by atoms with van der Waals surface area (Å²) in [6, 6.07) is 7.70. The van der Waals surface area contributed by atoms with Gasteiger partial charge in [-0.15, -0.1) is 0 Å². The molecule has 0 amide bonds. The lowest BCUT2D eigenvalue weighted by atomic mass is 10.3. The van der Waals surface area contributed by atoms with Crippen LogP contribution in [0.2, 0.25) is 0 Å². The molecule has 1 aromatic rings. The summed E-state index contributed by atoms with van der Waals surface area (Å²) < 4.78 is 5.23. The lowest BCUT2D eigenvalue weighted by molar-refractivity contribution is -0.856. The van der Waals surface area contributed by atoms with E-state index in [4.69, 9.17) is 17.0 Å². The van der Waals surface area contributed by atoms with Gasteiger partial charge in [-0.2, -0.15) is 0 Å². The number of rotatable bonds is 5. The third-order valence-electron chi connectivity index (χ3n) is 2.27. The van der Waals surface area contributed by atoms with E-state index in [1.54, 1.807) is 7.11 Å². The van der Waals surface area contributed by atoms with E-state index >= 15 is 0 Å². The number of ether oxygens (including phenoxy) is 1. The van der Waals surface area contributed by atoms with E-state index in [0.717, 1.165) is 24.5 Å². The predicted octanol–water partition coefficient (Wildman–Crippen LogP) is 0.126. The number of anilines is 1. The second-order valence-corrected chi connectivity index (χ2v) is 4.45. The first-order chi connectivity index (χ1) is 8.13. The van der Waals surface area contributed by atoms with E-state index in [1.807, 2.05) is 24.3 Å². The fraction of sp³-hybridized carbons (Fsp3) is 0.417. The quantitative estimate of drug-likeness (QED) is 0.653. The molecule has 0 saturated carbocycles. The third kappa shape index (κ3) is 5.01. The largest absolute Gasteiger partial charge is 0.495 e. The normalized spacial score (nSPS) is 10.1. The van der Waals surface area contributed by atoms with Crippen LogP contribution in [0.25, 0.3) is 0 Å². The Kier molecular flexibility index (Phi) is 5.72. The lowest BCUT2D eigenvalue weighted by Gasteiger charge is -2.13. The Morgan fingerprint density at radius 3 is 2.71 bits per heavy atom. The molecule has 0 radical (unpaired) electrons. The molecule has 0 aliphatic heterocycles. The topological polar surface area (TPSA) is 37.7 Å². The number of nitrogens with one attached hydrogen (secondary N) is 3. The molecule has 0 aliphatic carbocycles. The molecule has 5 heteroatoms. The first kappa shape index (κ1) is 13.7. The number of benzene rings is 1. The maximum absolute atomic E-state index is 5.23. The van der Waals surface area contributed by atoms with Gasteiger partial charge in [0.05, 0.1) is 40.0 Å². The Hall–Kier alpha value is -1.33. The molecule has 0 bridgehead atoms. The minimum absolute atomic E-state index is 0.621. The second-order valence-electron chi connectivity index (χ2n) is 4.04. The standard InChI is InChI=1S/C12H19N3OS/c1-15(2)9-8-13-12(17)14-10-6-4-5-7-11(10)16-3/h4-7H,8-9H2,1-3H3,(H2,13,14,17)/p+1. The van der Waals surface area contributed by atoms with Gasteiger partial charge in [0, 0.05) is 0 Å². The van der Waals surface area contributed by atoms with Crippen molar-refractivity contribution in [3.8, 4) is 5.75 Å². The Bertz CT molecular complexity index is 369. The summed E-state index contributed by atoms with van der Waals surface area (Å²) in [5.74, 6) is 0.787. The van der Waals surface area contributed by atoms with Crippen LogP contribution in [-0.4, -0.2) is 39.4 Å². The Morgan fingerprint density at radius 2 is 2.06 bits per heavy atom. The molecule has 0 aromatic heterocycles. The average Bonchev–Trinajstić information content (AvgIpc) is 2.29. The van der Waals surface area contributed by atoms with Gasteiger partial charge in [-0.3, -0.25) is 0 Å². The molecule has 17 heavy (non-hydrogen) atoms. The zero-order chi connectivity index (χ0) is 12.7. The lowest BCUT2D eigenvalue weighted by Crippen LogP contribution is -3.06. The summed E-state index contributed by atoms with van der Waals surface area (Å²) in [7, 11) is 5.86. The summed E-state index contributed by atoms with van der Waals surface area (Å²) in [5, 5.41) is 6.90. The van der Waals surface area contributed by atoms with Crippen molar-refractivity contribution < 1.29 is 9.64 Å². The van der Waals surface area contributed by atoms with Crippen molar-refractivity contribution in [2.24, 2.45) is 0 Å². The zero-order valence-electron chi connectivity index (χ0n) is 10.5. The second kappa shape index (κ2) is 7.09. The predicted molar refractivity (Wildman–Crippen MR) is 74.9 cm³/mol. The first-order valence-corrected chi connectivity index (χ1v) is 6.01. The van der Waals surface area contributed by atoms with Crippen LogP contribution < -0.4 is 20.3 Å². The minimum atomic E-state index is 0.621. The molecular formula is C12H20N3OS+. The maximum Gasteiger partial charge on any atom is 0.171 e. The molecule has 3 N–H and O–H groups in total. The molecule has 4 nitrogen and oxygen atoms in total. The number of hydrogen-bond donors (Lipinski definition) is 3. The fourth-order valence-electron chi connectivity index (χ4n) is 1.34. The van der Waals surface area contributed by atoms with Gasteiger partial charge in [-0.25, -0.2) is 0 Å². The Labute approximate surface area is 108 Å². The number of hydrogen-bond acceptors (Lipinski definition) is 2. The van der Waals surface area contributed by atoms with Crippen LogP contribution in [0.3, 0.4) is 0 Å². The van der Waals surface area contributed by atoms with Crippen molar-refractivity contribution in [1.82, 2.24) is 5.32 Å². The van der Waals surface area contributed by atoms with Crippen molar-refractivity contribution >= 4 is 23.0 Å². The van der Waals surface area contributed by atoms with Gasteiger partial charge in [-0.05, 0) is 24.4 Å². The van der Waals surface area contributed by atoms with Gasteiger partial charge < -0.3 is 20.3 Å². The van der Waals surface area contributed by atoms with Gasteiger partial charge in [0.2, 0.25) is 0 Å². The SMILES string of the molecule is COc1ccccc1NC(=S)NCC[NH+](C)C. The van der Waals surface area contributed by atoms with E-state index < -0.39 is 0 Å². The van der Waals surface area contributed by atoms with E-state index in [9.17, 15) is 0 Å². The highest BCUT2D eigenvalue weighted by Gasteiger charge is 2.03. The molecule has 0 heterocycles. The molecule has 1 aromatic carbocycles. The van der Waals surface area contributed by atoms with E-state index in [1.165, 1.54) is 4.90 Å². The van der Waals surface area contributed by atoms with E-state index in [0.29, 0.717) is 5.11 Å². The van der Waals surface area contributed by atoms with Gasteiger partial charge in [-0.1, -0.05) is 12.1 Å². The number of para-hydroxylation sites is 2. The van der Waals surface area contributed by atoms with Crippen LogP contribution in [-0.2, 0) is 0 Å². The van der Waals surface area contributed by atoms with Crippen LogP contribution in [0, 0.1) is 0 Å². The molecule has 1 rings (SSSR count). The molecule has 0 unspecified atom stereocenters. The summed E-state index contributed by atoms with van der Waals surface area (Å²) in [6.45, 7) is 1.87. The van der Waals surface area contributed by atoms with E-state index in [-0.39, 0.29) is 0 Å². The highest BCUT2D eigenvalue weighted by atomic mass is 32.1. The van der Waals surface area contributed by atoms with Crippen molar-refractivity contribution in [3.63, 3.8) is 0 Å². The minimum Gasteiger partial charge on any atom is -0.495 e. The maximum atomic E-state index is 5.23. The van der Waals surface area contributed by atoms with Crippen LogP contribution in [0.15, 0.2) is 24.3 Å². The highest BCUT2D eigenvalue weighted by Crippen LogP contribution is 2.22. The monoisotopic (exact) mass is 254 g/mol. The van der Waals surface area contributed by atoms with Gasteiger partial charge in [0.1, 0.15) is 5.75 Å². The van der Waals surface area contributed by atoms with Gasteiger partial charge in [0.25, 0.3) is 0 Å². The van der Waals surface area contributed by atoms with Crippen molar-refractivity contribution in [2.45, 2.75) is 0 Å². The third-order valence-corrected chi connectivity index (χ3v) is 2.51. The zero-order valence-corrected chi connectivity index (χ0v) is 11.4. The summed E-state index contributed by atoms with van der Waals surface area (Å²) >= 11 is 5.21. The summed E-state index contributed by atoms with van der Waals surface area (Å²) in [5.41, 5.74) is 0.879. The molecule has 0 saturated heterocycles. The smallest absolute Gasteiger partial charge is 0.171 e. The van der Waals surface area contributed by atoms with Gasteiger partial charge in [0.15, 0.2) is 5.11 Å². The Morgan fingerprint density at radius 1 is 1.35 bits per heavy atom. The van der Waals surface area contributed by atoms with Crippen LogP contribution in [0.5, 0.6) is 5.75 Å². The fourth-order valence-corrected chi connectivity index (χ4v) is 1.55. The Balaban J connectivity index is 2.45. The molecule has 0 atom stereocenters. The summed E-state index contributed by atoms with van der Waals surface area (Å²) in [6.07, 6.45) is 0. The molecular weight excluding hydrogens is 234 g/mol. The molecule has 0 spiro atoms. The molecule has 0 fully saturated rings. The number of thiocarbonyl (C=S) groups is 1. The van der Waals surface area contributed by atoms with Gasteiger partial charge >= 0.3 is 0 Å².